The third-order valence-electron chi connectivity index (χ3n) is 5.18. The van der Waals surface area contributed by atoms with Gasteiger partial charge in [0.2, 0.25) is 0 Å². The van der Waals surface area contributed by atoms with Crippen molar-refractivity contribution >= 4 is 5.91 Å². The number of rotatable bonds is 6. The number of benzene rings is 1. The minimum Gasteiger partial charge on any atom is -0.490 e. The number of aromatic amines is 1. The van der Waals surface area contributed by atoms with Crippen molar-refractivity contribution in [3.8, 4) is 17.0 Å². The minimum absolute atomic E-state index is 0.0352. The summed E-state index contributed by atoms with van der Waals surface area (Å²) in [7, 11) is 0. The van der Waals surface area contributed by atoms with E-state index in [2.05, 4.69) is 22.1 Å². The van der Waals surface area contributed by atoms with Crippen molar-refractivity contribution in [3.63, 3.8) is 0 Å². The number of halogens is 2. The van der Waals surface area contributed by atoms with Crippen LogP contribution >= 0.6 is 0 Å². The van der Waals surface area contributed by atoms with Gasteiger partial charge in [0.05, 0.1) is 24.5 Å². The number of nitrogens with one attached hydrogen (secondary N) is 1. The highest BCUT2D eigenvalue weighted by Gasteiger charge is 2.47. The first kappa shape index (κ1) is 20.0. The molecule has 1 aromatic carbocycles. The standard InChI is InChI=1S/C22H22F2N4O2/c1-2-15-5-7-16(8-6-15)19-10-20(27-26-19)21(29)28-14-22(23,24)11-17(28)13-30-18-4-3-9-25-12-18/h3-10,12,17H,2,11,13-14H2,1H3,(H,26,27)/t17-/m0/s1. The van der Waals surface area contributed by atoms with Crippen LogP contribution in [-0.4, -0.2) is 51.1 Å². The topological polar surface area (TPSA) is 71.1 Å². The predicted octanol–water partition coefficient (Wildman–Crippen LogP) is 3.96. The Morgan fingerprint density at radius 1 is 1.30 bits per heavy atom. The van der Waals surface area contributed by atoms with E-state index >= 15 is 0 Å². The third kappa shape index (κ3) is 4.32. The number of aryl methyl sites for hydroxylation is 1. The maximum atomic E-state index is 14.1. The fourth-order valence-electron chi connectivity index (χ4n) is 3.55. The molecule has 0 radical (unpaired) electrons. The first-order valence-corrected chi connectivity index (χ1v) is 9.81. The number of carbonyl (C=O) groups excluding carboxylic acids is 1. The van der Waals surface area contributed by atoms with Gasteiger partial charge in [-0.3, -0.25) is 14.9 Å². The van der Waals surface area contributed by atoms with Gasteiger partial charge in [-0.2, -0.15) is 5.10 Å². The van der Waals surface area contributed by atoms with Crippen molar-refractivity contribution < 1.29 is 18.3 Å². The van der Waals surface area contributed by atoms with Crippen molar-refractivity contribution in [2.24, 2.45) is 0 Å². The highest BCUT2D eigenvalue weighted by molar-refractivity contribution is 5.94. The molecule has 1 N–H and O–H groups in total. The van der Waals surface area contributed by atoms with Gasteiger partial charge >= 0.3 is 0 Å². The fourth-order valence-corrected chi connectivity index (χ4v) is 3.55. The molecule has 0 saturated carbocycles. The molecule has 0 aliphatic carbocycles. The number of nitrogens with zero attached hydrogens (tertiary/aromatic N) is 3. The SMILES string of the molecule is CCc1ccc(-c2cc(C(=O)N3CC(F)(F)C[C@H]3COc3cccnc3)[nH]n2)cc1. The Bertz CT molecular complexity index is 1010. The van der Waals surface area contributed by atoms with Gasteiger partial charge in [0.15, 0.2) is 0 Å². The van der Waals surface area contributed by atoms with E-state index in [1.54, 1.807) is 24.4 Å². The molecule has 0 unspecified atom stereocenters. The van der Waals surface area contributed by atoms with Gasteiger partial charge in [0.1, 0.15) is 18.1 Å². The number of hydrogen-bond acceptors (Lipinski definition) is 4. The lowest BCUT2D eigenvalue weighted by Gasteiger charge is -2.23. The van der Waals surface area contributed by atoms with E-state index in [4.69, 9.17) is 4.74 Å². The van der Waals surface area contributed by atoms with E-state index in [0.717, 1.165) is 16.9 Å². The van der Waals surface area contributed by atoms with Crippen molar-refractivity contribution in [2.75, 3.05) is 13.2 Å². The molecule has 4 rings (SSSR count). The molecule has 30 heavy (non-hydrogen) atoms. The number of likely N-dealkylation sites (tertiary alicyclic amines) is 1. The van der Waals surface area contributed by atoms with Crippen LogP contribution in [-0.2, 0) is 6.42 Å². The normalized spacial score (nSPS) is 17.8. The van der Waals surface area contributed by atoms with Crippen LogP contribution in [0.2, 0.25) is 0 Å². The minimum atomic E-state index is -2.96. The molecule has 2 aromatic heterocycles. The van der Waals surface area contributed by atoms with Crippen LogP contribution in [0, 0.1) is 0 Å². The van der Waals surface area contributed by atoms with Gasteiger partial charge in [-0.05, 0) is 30.2 Å². The van der Waals surface area contributed by atoms with Crippen LogP contribution in [0.4, 0.5) is 8.78 Å². The molecular formula is C22H22F2N4O2. The molecule has 1 aliphatic heterocycles. The average molecular weight is 412 g/mol. The van der Waals surface area contributed by atoms with Crippen molar-refractivity contribution in [2.45, 2.75) is 31.7 Å². The Hall–Kier alpha value is -3.29. The molecule has 1 saturated heterocycles. The van der Waals surface area contributed by atoms with Crippen LogP contribution in [0.5, 0.6) is 5.75 Å². The van der Waals surface area contributed by atoms with E-state index in [1.807, 2.05) is 24.3 Å². The Labute approximate surface area is 172 Å². The molecule has 1 amide bonds. The second-order valence-electron chi connectivity index (χ2n) is 7.36. The lowest BCUT2D eigenvalue weighted by atomic mass is 10.1. The van der Waals surface area contributed by atoms with Crippen LogP contribution in [0.1, 0.15) is 29.4 Å². The zero-order valence-electron chi connectivity index (χ0n) is 16.5. The molecule has 156 valence electrons. The number of ether oxygens (including phenoxy) is 1. The molecule has 1 fully saturated rings. The number of alkyl halides is 2. The Morgan fingerprint density at radius 3 is 2.80 bits per heavy atom. The van der Waals surface area contributed by atoms with E-state index in [9.17, 15) is 13.6 Å². The van der Waals surface area contributed by atoms with Gasteiger partial charge in [-0.25, -0.2) is 8.78 Å². The highest BCUT2D eigenvalue weighted by Crippen LogP contribution is 2.33. The van der Waals surface area contributed by atoms with Gasteiger partial charge in [-0.15, -0.1) is 0 Å². The van der Waals surface area contributed by atoms with Crippen LogP contribution in [0.3, 0.4) is 0 Å². The molecule has 8 heteroatoms. The maximum Gasteiger partial charge on any atom is 0.272 e. The molecule has 3 heterocycles. The summed E-state index contributed by atoms with van der Waals surface area (Å²) in [5, 5.41) is 6.88. The van der Waals surface area contributed by atoms with Gasteiger partial charge in [0, 0.05) is 18.2 Å². The first-order chi connectivity index (χ1) is 14.4. The third-order valence-corrected chi connectivity index (χ3v) is 5.18. The summed E-state index contributed by atoms with van der Waals surface area (Å²) >= 11 is 0. The van der Waals surface area contributed by atoms with E-state index < -0.39 is 30.8 Å². The van der Waals surface area contributed by atoms with Gasteiger partial charge in [0.25, 0.3) is 11.8 Å². The average Bonchev–Trinajstić information content (AvgIpc) is 3.37. The van der Waals surface area contributed by atoms with Crippen molar-refractivity contribution in [1.29, 1.82) is 0 Å². The van der Waals surface area contributed by atoms with Gasteiger partial charge in [-0.1, -0.05) is 31.2 Å². The number of aromatic nitrogens is 3. The summed E-state index contributed by atoms with van der Waals surface area (Å²) in [6, 6.07) is 12.1. The smallest absolute Gasteiger partial charge is 0.272 e. The zero-order chi connectivity index (χ0) is 21.1. The summed E-state index contributed by atoms with van der Waals surface area (Å²) in [4.78, 5) is 18.1. The van der Waals surface area contributed by atoms with E-state index in [-0.39, 0.29) is 12.3 Å². The summed E-state index contributed by atoms with van der Waals surface area (Å²) in [5.41, 5.74) is 2.82. The van der Waals surface area contributed by atoms with Crippen LogP contribution in [0.15, 0.2) is 54.9 Å². The quantitative estimate of drug-likeness (QED) is 0.665. The monoisotopic (exact) mass is 412 g/mol. The molecule has 0 bridgehead atoms. The summed E-state index contributed by atoms with van der Waals surface area (Å²) in [6.07, 6.45) is 3.58. The fraction of sp³-hybridized carbons (Fsp3) is 0.318. The number of carbonyl (C=O) groups is 1. The number of hydrogen-bond donors (Lipinski definition) is 1. The van der Waals surface area contributed by atoms with Crippen LogP contribution < -0.4 is 4.74 Å². The first-order valence-electron chi connectivity index (χ1n) is 9.81. The largest absolute Gasteiger partial charge is 0.490 e. The summed E-state index contributed by atoms with van der Waals surface area (Å²) in [6.45, 7) is 1.39. The molecule has 0 spiro atoms. The predicted molar refractivity (Wildman–Crippen MR) is 108 cm³/mol. The summed E-state index contributed by atoms with van der Waals surface area (Å²) in [5.74, 6) is -3.01. The second-order valence-corrected chi connectivity index (χ2v) is 7.36. The zero-order valence-corrected chi connectivity index (χ0v) is 16.5. The molecule has 3 aromatic rings. The lowest BCUT2D eigenvalue weighted by Crippen LogP contribution is -2.39. The van der Waals surface area contributed by atoms with Crippen molar-refractivity contribution in [3.05, 3.63) is 66.1 Å². The van der Waals surface area contributed by atoms with Gasteiger partial charge < -0.3 is 9.64 Å². The van der Waals surface area contributed by atoms with E-state index in [1.165, 1.54) is 11.8 Å². The Morgan fingerprint density at radius 2 is 2.10 bits per heavy atom. The van der Waals surface area contributed by atoms with Crippen molar-refractivity contribution in [1.82, 2.24) is 20.1 Å². The Balaban J connectivity index is 1.49. The number of H-pyrrole nitrogens is 1. The number of pyridine rings is 1. The highest BCUT2D eigenvalue weighted by atomic mass is 19.3. The summed E-state index contributed by atoms with van der Waals surface area (Å²) < 4.78 is 33.8. The molecule has 1 atom stereocenters. The van der Waals surface area contributed by atoms with Crippen LogP contribution in [0.25, 0.3) is 11.3 Å². The Kier molecular flexibility index (Phi) is 5.48. The van der Waals surface area contributed by atoms with E-state index in [0.29, 0.717) is 11.4 Å². The lowest BCUT2D eigenvalue weighted by molar-refractivity contribution is 0.0115. The molecule has 6 nitrogen and oxygen atoms in total. The number of amides is 1. The second kappa shape index (κ2) is 8.22. The molecular weight excluding hydrogens is 390 g/mol. The molecule has 1 aliphatic rings. The maximum absolute atomic E-state index is 14.1.